The number of esters is 1. The van der Waals surface area contributed by atoms with E-state index < -0.39 is 22.5 Å². The summed E-state index contributed by atoms with van der Waals surface area (Å²) in [5, 5.41) is 8.31. The molecule has 0 bridgehead atoms. The molecule has 0 aliphatic heterocycles. The Hall–Kier alpha value is -1.03. The van der Waals surface area contributed by atoms with Crippen LogP contribution in [0, 0.1) is 12.3 Å². The maximum absolute atomic E-state index is 11.0. The summed E-state index contributed by atoms with van der Waals surface area (Å²) in [6.45, 7) is 3.25. The van der Waals surface area contributed by atoms with Gasteiger partial charge in [-0.25, -0.2) is 4.79 Å². The van der Waals surface area contributed by atoms with Gasteiger partial charge < -0.3 is 9.84 Å². The smallest absolute Gasteiger partial charge is 0.335 e. The zero-order valence-electron chi connectivity index (χ0n) is 6.62. The molecule has 1 N–H and O–H groups in total. The van der Waals surface area contributed by atoms with Gasteiger partial charge in [-0.15, -0.1) is 6.42 Å². The van der Waals surface area contributed by atoms with Gasteiger partial charge in [-0.2, -0.15) is 0 Å². The number of alkyl halides is 1. The first-order valence-electron chi connectivity index (χ1n) is 3.18. The van der Waals surface area contributed by atoms with Crippen LogP contribution in [0.25, 0.3) is 0 Å². The van der Waals surface area contributed by atoms with Gasteiger partial charge in [-0.1, -0.05) is 12.5 Å². The SMILES string of the molecule is C#CC(I)OC(=O)C(=C)CC(=O)O. The van der Waals surface area contributed by atoms with Crippen molar-refractivity contribution < 1.29 is 19.4 Å². The van der Waals surface area contributed by atoms with Gasteiger partial charge in [0.2, 0.25) is 4.11 Å². The van der Waals surface area contributed by atoms with Gasteiger partial charge >= 0.3 is 11.9 Å². The molecule has 0 aromatic carbocycles. The van der Waals surface area contributed by atoms with E-state index in [0.717, 1.165) is 0 Å². The van der Waals surface area contributed by atoms with Crippen LogP contribution in [-0.4, -0.2) is 21.2 Å². The highest BCUT2D eigenvalue weighted by atomic mass is 127. The summed E-state index contributed by atoms with van der Waals surface area (Å²) in [4.78, 5) is 21.1. The summed E-state index contributed by atoms with van der Waals surface area (Å²) in [5.41, 5.74) is -0.121. The quantitative estimate of drug-likeness (QED) is 0.276. The molecular weight excluding hydrogens is 287 g/mol. The van der Waals surface area contributed by atoms with Crippen molar-refractivity contribution in [3.05, 3.63) is 12.2 Å². The average Bonchev–Trinajstić information content (AvgIpc) is 2.02. The number of carboxylic acid groups (broad SMARTS) is 1. The number of aliphatic carboxylic acids is 1. The molecule has 0 aliphatic rings. The molecule has 0 radical (unpaired) electrons. The number of carboxylic acids is 1. The fraction of sp³-hybridized carbons (Fsp3) is 0.250. The van der Waals surface area contributed by atoms with Gasteiger partial charge in [0.05, 0.1) is 6.42 Å². The molecule has 0 heterocycles. The van der Waals surface area contributed by atoms with E-state index in [0.29, 0.717) is 0 Å². The van der Waals surface area contributed by atoms with Gasteiger partial charge in [0.15, 0.2) is 0 Å². The molecule has 0 aromatic heterocycles. The Labute approximate surface area is 89.1 Å². The topological polar surface area (TPSA) is 63.6 Å². The first kappa shape index (κ1) is 12.0. The van der Waals surface area contributed by atoms with E-state index >= 15 is 0 Å². The van der Waals surface area contributed by atoms with Crippen molar-refractivity contribution in [2.24, 2.45) is 0 Å². The number of hydrogen-bond acceptors (Lipinski definition) is 3. The van der Waals surface area contributed by atoms with Crippen LogP contribution in [0.5, 0.6) is 0 Å². The highest BCUT2D eigenvalue weighted by molar-refractivity contribution is 14.1. The molecule has 0 saturated carbocycles. The van der Waals surface area contributed by atoms with E-state index in [1.54, 1.807) is 22.6 Å². The minimum atomic E-state index is -1.13. The monoisotopic (exact) mass is 294 g/mol. The van der Waals surface area contributed by atoms with E-state index in [9.17, 15) is 9.59 Å². The number of rotatable bonds is 4. The van der Waals surface area contributed by atoms with E-state index in [4.69, 9.17) is 11.5 Å². The fourth-order valence-corrected chi connectivity index (χ4v) is 0.697. The molecule has 5 heteroatoms. The molecule has 0 aliphatic carbocycles. The lowest BCUT2D eigenvalue weighted by Crippen LogP contribution is -2.14. The standard InChI is InChI=1S/C8H7IO4/c1-3-6(9)13-8(12)5(2)4-7(10)11/h1,6H,2,4H2,(H,10,11). The molecule has 4 nitrogen and oxygen atoms in total. The largest absolute Gasteiger partial charge is 0.481 e. The van der Waals surface area contributed by atoms with Crippen molar-refractivity contribution in [3.8, 4) is 12.3 Å². The fourth-order valence-electron chi connectivity index (χ4n) is 0.466. The van der Waals surface area contributed by atoms with Gasteiger partial charge in [-0.3, -0.25) is 4.79 Å². The third kappa shape index (κ3) is 5.25. The lowest BCUT2D eigenvalue weighted by Gasteiger charge is -2.05. The molecule has 13 heavy (non-hydrogen) atoms. The van der Waals surface area contributed by atoms with Gasteiger partial charge in [-0.05, 0) is 22.6 Å². The number of carbonyl (C=O) groups is 2. The average molecular weight is 294 g/mol. The Bertz CT molecular complexity index is 276. The molecule has 1 unspecified atom stereocenters. The number of carbonyl (C=O) groups excluding carboxylic acids is 1. The molecule has 1 atom stereocenters. The summed E-state index contributed by atoms with van der Waals surface area (Å²) in [6.07, 6.45) is 4.50. The van der Waals surface area contributed by atoms with Gasteiger partial charge in [0.25, 0.3) is 0 Å². The zero-order valence-corrected chi connectivity index (χ0v) is 8.78. The van der Waals surface area contributed by atoms with Crippen molar-refractivity contribution >= 4 is 34.5 Å². The molecule has 0 rings (SSSR count). The van der Waals surface area contributed by atoms with Crippen LogP contribution < -0.4 is 0 Å². The Morgan fingerprint density at radius 3 is 2.62 bits per heavy atom. The Morgan fingerprint density at radius 1 is 1.69 bits per heavy atom. The first-order chi connectivity index (χ1) is 5.97. The Kier molecular flexibility index (Phi) is 5.14. The highest BCUT2D eigenvalue weighted by Gasteiger charge is 2.14. The Balaban J connectivity index is 4.06. The first-order valence-corrected chi connectivity index (χ1v) is 4.42. The van der Waals surface area contributed by atoms with Crippen molar-refractivity contribution in [2.75, 3.05) is 0 Å². The highest BCUT2D eigenvalue weighted by Crippen LogP contribution is 2.07. The van der Waals surface area contributed by atoms with Crippen molar-refractivity contribution in [1.82, 2.24) is 0 Å². The summed E-state index contributed by atoms with van der Waals surface area (Å²) in [7, 11) is 0. The predicted molar refractivity (Wildman–Crippen MR) is 54.1 cm³/mol. The second-order valence-corrected chi connectivity index (χ2v) is 3.19. The van der Waals surface area contributed by atoms with Crippen LogP contribution >= 0.6 is 22.6 Å². The van der Waals surface area contributed by atoms with Crippen LogP contribution in [0.4, 0.5) is 0 Å². The maximum atomic E-state index is 11.0. The van der Waals surface area contributed by atoms with Crippen LogP contribution in [0.3, 0.4) is 0 Å². The number of terminal acetylenes is 1. The lowest BCUT2D eigenvalue weighted by atomic mass is 10.2. The Morgan fingerprint density at radius 2 is 2.23 bits per heavy atom. The number of hydrogen-bond donors (Lipinski definition) is 1. The minimum Gasteiger partial charge on any atom is -0.481 e. The summed E-state index contributed by atoms with van der Waals surface area (Å²) in [6, 6.07) is 0. The minimum absolute atomic E-state index is 0.121. The number of halogens is 1. The third-order valence-electron chi connectivity index (χ3n) is 0.995. The molecule has 0 spiro atoms. The lowest BCUT2D eigenvalue weighted by molar-refractivity contribution is -0.142. The van der Waals surface area contributed by atoms with E-state index in [-0.39, 0.29) is 5.57 Å². The summed E-state index contributed by atoms with van der Waals surface area (Å²) >= 11 is 1.72. The third-order valence-corrected chi connectivity index (χ3v) is 1.61. The van der Waals surface area contributed by atoms with Crippen molar-refractivity contribution in [3.63, 3.8) is 0 Å². The van der Waals surface area contributed by atoms with E-state index in [1.807, 2.05) is 0 Å². The molecule has 70 valence electrons. The molecular formula is C8H7IO4. The van der Waals surface area contributed by atoms with E-state index in [2.05, 4.69) is 17.2 Å². The molecule has 0 aromatic rings. The van der Waals surface area contributed by atoms with Gasteiger partial charge in [0, 0.05) is 5.57 Å². The maximum Gasteiger partial charge on any atom is 0.335 e. The van der Waals surface area contributed by atoms with Gasteiger partial charge in [0.1, 0.15) is 0 Å². The summed E-state index contributed by atoms with van der Waals surface area (Å²) in [5.74, 6) is 0.249. The van der Waals surface area contributed by atoms with Crippen molar-refractivity contribution in [1.29, 1.82) is 0 Å². The number of ether oxygens (including phenoxy) is 1. The second-order valence-electron chi connectivity index (χ2n) is 2.06. The summed E-state index contributed by atoms with van der Waals surface area (Å²) < 4.78 is 3.91. The zero-order chi connectivity index (χ0) is 10.4. The van der Waals surface area contributed by atoms with E-state index in [1.165, 1.54) is 0 Å². The van der Waals surface area contributed by atoms with Crippen LogP contribution in [0.1, 0.15) is 6.42 Å². The second kappa shape index (κ2) is 5.59. The molecule has 0 amide bonds. The predicted octanol–water partition coefficient (Wildman–Crippen LogP) is 0.955. The normalized spacial score (nSPS) is 11.1. The molecule has 0 fully saturated rings. The van der Waals surface area contributed by atoms with Crippen LogP contribution in [0.15, 0.2) is 12.2 Å². The van der Waals surface area contributed by atoms with Crippen LogP contribution in [-0.2, 0) is 14.3 Å². The van der Waals surface area contributed by atoms with Crippen molar-refractivity contribution in [2.45, 2.75) is 10.5 Å². The van der Waals surface area contributed by atoms with Crippen LogP contribution in [0.2, 0.25) is 0 Å². The molecule has 0 saturated heterocycles.